The first kappa shape index (κ1) is 14.5. The lowest BCUT2D eigenvalue weighted by Gasteiger charge is -2.19. The zero-order valence-electron chi connectivity index (χ0n) is 11.5. The first-order chi connectivity index (χ1) is 9.68. The van der Waals surface area contributed by atoms with E-state index in [9.17, 15) is 9.59 Å². The molecule has 0 bridgehead atoms. The molecule has 0 saturated heterocycles. The summed E-state index contributed by atoms with van der Waals surface area (Å²) >= 11 is 0. The quantitative estimate of drug-likeness (QED) is 0.889. The van der Waals surface area contributed by atoms with E-state index >= 15 is 0 Å². The summed E-state index contributed by atoms with van der Waals surface area (Å²) in [5.41, 5.74) is 0.179. The Morgan fingerprint density at radius 2 is 1.80 bits per heavy atom. The SMILES string of the molecule is O=C(O)c1ncccc1NC(=O)C1CCCCCCC1. The Kier molecular flexibility index (Phi) is 5.09. The van der Waals surface area contributed by atoms with Crippen LogP contribution in [0.4, 0.5) is 5.69 Å². The van der Waals surface area contributed by atoms with E-state index in [4.69, 9.17) is 5.11 Å². The van der Waals surface area contributed by atoms with Gasteiger partial charge in [0, 0.05) is 12.1 Å². The smallest absolute Gasteiger partial charge is 0.356 e. The van der Waals surface area contributed by atoms with Crippen LogP contribution in [0, 0.1) is 5.92 Å². The summed E-state index contributed by atoms with van der Waals surface area (Å²) < 4.78 is 0. The molecule has 2 rings (SSSR count). The van der Waals surface area contributed by atoms with E-state index in [1.807, 2.05) is 0 Å². The van der Waals surface area contributed by atoms with Gasteiger partial charge in [-0.2, -0.15) is 0 Å². The van der Waals surface area contributed by atoms with E-state index in [2.05, 4.69) is 10.3 Å². The van der Waals surface area contributed by atoms with Gasteiger partial charge < -0.3 is 10.4 Å². The summed E-state index contributed by atoms with van der Waals surface area (Å²) in [5.74, 6) is -1.22. The van der Waals surface area contributed by atoms with Crippen molar-refractivity contribution in [1.82, 2.24) is 4.98 Å². The van der Waals surface area contributed by atoms with Crippen LogP contribution in [0.3, 0.4) is 0 Å². The number of rotatable bonds is 3. The number of hydrogen-bond acceptors (Lipinski definition) is 3. The van der Waals surface area contributed by atoms with Crippen LogP contribution in [0.15, 0.2) is 18.3 Å². The van der Waals surface area contributed by atoms with Crippen molar-refractivity contribution in [2.45, 2.75) is 44.9 Å². The molecule has 5 heteroatoms. The van der Waals surface area contributed by atoms with Crippen LogP contribution >= 0.6 is 0 Å². The van der Waals surface area contributed by atoms with E-state index in [0.29, 0.717) is 0 Å². The highest BCUT2D eigenvalue weighted by Gasteiger charge is 2.21. The Morgan fingerprint density at radius 1 is 1.15 bits per heavy atom. The van der Waals surface area contributed by atoms with Crippen molar-refractivity contribution in [2.24, 2.45) is 5.92 Å². The molecule has 2 N–H and O–H groups in total. The third-order valence-electron chi connectivity index (χ3n) is 3.74. The molecule has 1 aromatic heterocycles. The average Bonchev–Trinajstić information content (AvgIpc) is 2.38. The largest absolute Gasteiger partial charge is 0.476 e. The molecule has 20 heavy (non-hydrogen) atoms. The van der Waals surface area contributed by atoms with Gasteiger partial charge in [0.25, 0.3) is 0 Å². The molecule has 0 spiro atoms. The fraction of sp³-hybridized carbons (Fsp3) is 0.533. The zero-order valence-corrected chi connectivity index (χ0v) is 11.5. The molecule has 5 nitrogen and oxygen atoms in total. The summed E-state index contributed by atoms with van der Waals surface area (Å²) in [5, 5.41) is 11.8. The maximum atomic E-state index is 12.3. The second-order valence-corrected chi connectivity index (χ2v) is 5.24. The van der Waals surface area contributed by atoms with Crippen LogP contribution in [-0.4, -0.2) is 22.0 Å². The highest BCUT2D eigenvalue weighted by Crippen LogP contribution is 2.24. The van der Waals surface area contributed by atoms with Crippen molar-refractivity contribution in [3.63, 3.8) is 0 Å². The molecular weight excluding hydrogens is 256 g/mol. The molecule has 1 aromatic rings. The van der Waals surface area contributed by atoms with Crippen LogP contribution in [0.2, 0.25) is 0 Å². The number of nitrogens with one attached hydrogen (secondary N) is 1. The Hall–Kier alpha value is -1.91. The topological polar surface area (TPSA) is 79.3 Å². The Bertz CT molecular complexity index is 480. The number of anilines is 1. The lowest BCUT2D eigenvalue weighted by atomic mass is 9.90. The molecule has 0 atom stereocenters. The van der Waals surface area contributed by atoms with Gasteiger partial charge in [-0.1, -0.05) is 32.1 Å². The fourth-order valence-electron chi connectivity index (χ4n) is 2.63. The second-order valence-electron chi connectivity index (χ2n) is 5.24. The number of carboxylic acids is 1. The first-order valence-electron chi connectivity index (χ1n) is 7.17. The highest BCUT2D eigenvalue weighted by atomic mass is 16.4. The standard InChI is InChI=1S/C15H20N2O3/c18-14(11-7-4-2-1-3-5-8-11)17-12-9-6-10-16-13(12)15(19)20/h6,9-11H,1-5,7-8H2,(H,17,18)(H,19,20). The fourth-order valence-corrected chi connectivity index (χ4v) is 2.63. The summed E-state index contributed by atoms with van der Waals surface area (Å²) in [6.07, 6.45) is 8.92. The van der Waals surface area contributed by atoms with Gasteiger partial charge in [0.05, 0.1) is 5.69 Å². The average molecular weight is 276 g/mol. The summed E-state index contributed by atoms with van der Waals surface area (Å²) in [7, 11) is 0. The van der Waals surface area contributed by atoms with Gasteiger partial charge in [-0.15, -0.1) is 0 Å². The van der Waals surface area contributed by atoms with Crippen LogP contribution < -0.4 is 5.32 Å². The lowest BCUT2D eigenvalue weighted by Crippen LogP contribution is -2.25. The van der Waals surface area contributed by atoms with Crippen molar-refractivity contribution in [3.05, 3.63) is 24.0 Å². The number of aromatic nitrogens is 1. The number of carboxylic acid groups (broad SMARTS) is 1. The van der Waals surface area contributed by atoms with E-state index in [-0.39, 0.29) is 23.2 Å². The van der Waals surface area contributed by atoms with E-state index in [0.717, 1.165) is 25.7 Å². The van der Waals surface area contributed by atoms with Crippen molar-refractivity contribution in [3.8, 4) is 0 Å². The van der Waals surface area contributed by atoms with Crippen molar-refractivity contribution >= 4 is 17.6 Å². The Morgan fingerprint density at radius 3 is 2.45 bits per heavy atom. The van der Waals surface area contributed by atoms with Crippen molar-refractivity contribution in [1.29, 1.82) is 0 Å². The van der Waals surface area contributed by atoms with E-state index in [1.54, 1.807) is 12.1 Å². The van der Waals surface area contributed by atoms with Gasteiger partial charge in [-0.05, 0) is 25.0 Å². The number of amides is 1. The molecule has 1 aliphatic rings. The van der Waals surface area contributed by atoms with Crippen LogP contribution in [-0.2, 0) is 4.79 Å². The monoisotopic (exact) mass is 276 g/mol. The maximum Gasteiger partial charge on any atom is 0.356 e. The number of carbonyl (C=O) groups excluding carboxylic acids is 1. The maximum absolute atomic E-state index is 12.3. The molecule has 0 unspecified atom stereocenters. The number of aromatic carboxylic acids is 1. The Labute approximate surface area is 118 Å². The second kappa shape index (κ2) is 7.03. The van der Waals surface area contributed by atoms with Gasteiger partial charge in [-0.25, -0.2) is 9.78 Å². The number of hydrogen-bond donors (Lipinski definition) is 2. The lowest BCUT2D eigenvalue weighted by molar-refractivity contribution is -0.120. The normalized spacial score (nSPS) is 17.0. The molecule has 0 radical (unpaired) electrons. The van der Waals surface area contributed by atoms with Crippen LogP contribution in [0.1, 0.15) is 55.4 Å². The minimum absolute atomic E-state index is 0.0165. The molecule has 1 amide bonds. The summed E-state index contributed by atoms with van der Waals surface area (Å²) in [6.45, 7) is 0. The molecule has 0 aromatic carbocycles. The first-order valence-corrected chi connectivity index (χ1v) is 7.17. The molecular formula is C15H20N2O3. The Balaban J connectivity index is 2.05. The number of nitrogens with zero attached hydrogens (tertiary/aromatic N) is 1. The third kappa shape index (κ3) is 3.79. The molecule has 108 valence electrons. The zero-order chi connectivity index (χ0) is 14.4. The van der Waals surface area contributed by atoms with Crippen molar-refractivity contribution in [2.75, 3.05) is 5.32 Å². The molecule has 1 heterocycles. The predicted molar refractivity (Wildman–Crippen MR) is 75.6 cm³/mol. The molecule has 1 aliphatic carbocycles. The summed E-state index contributed by atoms with van der Waals surface area (Å²) in [4.78, 5) is 27.1. The van der Waals surface area contributed by atoms with Crippen LogP contribution in [0.25, 0.3) is 0 Å². The van der Waals surface area contributed by atoms with Crippen molar-refractivity contribution < 1.29 is 14.7 Å². The summed E-state index contributed by atoms with van der Waals surface area (Å²) in [6, 6.07) is 3.21. The molecule has 1 fully saturated rings. The number of carbonyl (C=O) groups is 2. The third-order valence-corrected chi connectivity index (χ3v) is 3.74. The molecule has 1 saturated carbocycles. The highest BCUT2D eigenvalue weighted by molar-refractivity contribution is 5.99. The van der Waals surface area contributed by atoms with Crippen LogP contribution in [0.5, 0.6) is 0 Å². The minimum Gasteiger partial charge on any atom is -0.476 e. The minimum atomic E-state index is -1.13. The predicted octanol–water partition coefficient (Wildman–Crippen LogP) is 3.08. The van der Waals surface area contributed by atoms with E-state index < -0.39 is 5.97 Å². The van der Waals surface area contributed by atoms with Gasteiger partial charge in [0.1, 0.15) is 0 Å². The van der Waals surface area contributed by atoms with Gasteiger partial charge in [0.2, 0.25) is 5.91 Å². The van der Waals surface area contributed by atoms with Gasteiger partial charge in [-0.3, -0.25) is 4.79 Å². The van der Waals surface area contributed by atoms with Gasteiger partial charge in [0.15, 0.2) is 5.69 Å². The molecule has 0 aliphatic heterocycles. The van der Waals surface area contributed by atoms with Gasteiger partial charge >= 0.3 is 5.97 Å². The number of pyridine rings is 1. The van der Waals surface area contributed by atoms with E-state index in [1.165, 1.54) is 25.5 Å².